The van der Waals surface area contributed by atoms with Gasteiger partial charge in [0.2, 0.25) is 0 Å². The summed E-state index contributed by atoms with van der Waals surface area (Å²) >= 11 is 0. The molecule has 2 aliphatic rings. The number of aromatic nitrogens is 4. The van der Waals surface area contributed by atoms with Gasteiger partial charge in [-0.2, -0.15) is 5.10 Å². The summed E-state index contributed by atoms with van der Waals surface area (Å²) < 4.78 is 1.88. The molecule has 7 nitrogen and oxygen atoms in total. The highest BCUT2D eigenvalue weighted by Crippen LogP contribution is 2.38. The van der Waals surface area contributed by atoms with E-state index in [0.717, 1.165) is 43.0 Å². The topological polar surface area (TPSA) is 92.9 Å². The summed E-state index contributed by atoms with van der Waals surface area (Å²) in [5, 5.41) is 17.6. The second kappa shape index (κ2) is 6.79. The number of carbonyl (C=O) groups is 1. The standard InChI is InChI=1S/C19H25N5O2/c1-11-17(12(2)22-18(21-11)14-4-5-14)19(26)23-15-8-13(9-16(15)25)10-24-7-3-6-20-24/h3,6-7,13-16,25H,4-5,8-10H2,1-2H3,(H,23,26)/t13?,15-,16-/m1/s1. The molecule has 0 aliphatic heterocycles. The first-order chi connectivity index (χ1) is 12.5. The summed E-state index contributed by atoms with van der Waals surface area (Å²) in [5.41, 5.74) is 1.98. The lowest BCUT2D eigenvalue weighted by atomic mass is 10.1. The van der Waals surface area contributed by atoms with Gasteiger partial charge in [-0.15, -0.1) is 0 Å². The van der Waals surface area contributed by atoms with Crippen LogP contribution in [-0.4, -0.2) is 42.9 Å². The molecule has 2 aromatic heterocycles. The van der Waals surface area contributed by atoms with E-state index in [0.29, 0.717) is 23.8 Å². The Morgan fingerprint density at radius 3 is 2.62 bits per heavy atom. The van der Waals surface area contributed by atoms with Crippen LogP contribution in [0.5, 0.6) is 0 Å². The van der Waals surface area contributed by atoms with Gasteiger partial charge in [0.1, 0.15) is 5.82 Å². The Labute approximate surface area is 152 Å². The molecule has 2 aromatic rings. The van der Waals surface area contributed by atoms with Crippen LogP contribution in [0.15, 0.2) is 18.5 Å². The molecule has 1 amide bonds. The minimum Gasteiger partial charge on any atom is -0.391 e. The van der Waals surface area contributed by atoms with Crippen molar-refractivity contribution in [3.05, 3.63) is 41.2 Å². The van der Waals surface area contributed by atoms with Crippen molar-refractivity contribution in [1.29, 1.82) is 0 Å². The molecule has 26 heavy (non-hydrogen) atoms. The van der Waals surface area contributed by atoms with Crippen LogP contribution in [0.4, 0.5) is 0 Å². The molecule has 7 heteroatoms. The van der Waals surface area contributed by atoms with Crippen molar-refractivity contribution >= 4 is 5.91 Å². The van der Waals surface area contributed by atoms with E-state index in [2.05, 4.69) is 20.4 Å². The van der Waals surface area contributed by atoms with Crippen LogP contribution in [0.25, 0.3) is 0 Å². The first-order valence-electron chi connectivity index (χ1n) is 9.32. The molecule has 0 spiro atoms. The fourth-order valence-corrected chi connectivity index (χ4v) is 3.93. The summed E-state index contributed by atoms with van der Waals surface area (Å²) in [6.07, 6.45) is 6.82. The van der Waals surface area contributed by atoms with E-state index in [1.54, 1.807) is 6.20 Å². The average Bonchev–Trinajstić information content (AvgIpc) is 3.21. The van der Waals surface area contributed by atoms with Crippen molar-refractivity contribution < 1.29 is 9.90 Å². The number of aliphatic hydroxyl groups excluding tert-OH is 1. The van der Waals surface area contributed by atoms with Crippen LogP contribution in [0.1, 0.15) is 59.2 Å². The molecule has 3 atom stereocenters. The number of nitrogens with one attached hydrogen (secondary N) is 1. The molecule has 1 unspecified atom stereocenters. The monoisotopic (exact) mass is 355 g/mol. The molecule has 0 bridgehead atoms. The Kier molecular flexibility index (Phi) is 4.48. The van der Waals surface area contributed by atoms with Gasteiger partial charge in [-0.3, -0.25) is 9.48 Å². The van der Waals surface area contributed by atoms with Crippen molar-refractivity contribution in [2.45, 2.75) is 64.1 Å². The number of carbonyl (C=O) groups excluding carboxylic acids is 1. The number of nitrogens with zero attached hydrogens (tertiary/aromatic N) is 4. The zero-order valence-electron chi connectivity index (χ0n) is 15.2. The smallest absolute Gasteiger partial charge is 0.255 e. The fraction of sp³-hybridized carbons (Fsp3) is 0.579. The number of hydrogen-bond acceptors (Lipinski definition) is 5. The lowest BCUT2D eigenvalue weighted by molar-refractivity contribution is 0.0870. The molecule has 2 aliphatic carbocycles. The van der Waals surface area contributed by atoms with Crippen molar-refractivity contribution in [2.24, 2.45) is 5.92 Å². The fourth-order valence-electron chi connectivity index (χ4n) is 3.93. The van der Waals surface area contributed by atoms with Gasteiger partial charge in [-0.25, -0.2) is 9.97 Å². The van der Waals surface area contributed by atoms with Crippen LogP contribution in [0, 0.1) is 19.8 Å². The Hall–Kier alpha value is -2.28. The number of amides is 1. The highest BCUT2D eigenvalue weighted by molar-refractivity contribution is 5.96. The molecule has 4 rings (SSSR count). The maximum Gasteiger partial charge on any atom is 0.255 e. The predicted octanol–water partition coefficient (Wildman–Crippen LogP) is 1.74. The first-order valence-corrected chi connectivity index (χ1v) is 9.32. The summed E-state index contributed by atoms with van der Waals surface area (Å²) in [5.74, 6) is 1.43. The lowest BCUT2D eigenvalue weighted by Gasteiger charge is -2.18. The molecule has 0 aromatic carbocycles. The van der Waals surface area contributed by atoms with E-state index in [1.807, 2.05) is 30.8 Å². The Morgan fingerprint density at radius 2 is 2.00 bits per heavy atom. The van der Waals surface area contributed by atoms with Gasteiger partial charge in [-0.1, -0.05) is 0 Å². The number of rotatable bonds is 5. The van der Waals surface area contributed by atoms with Crippen LogP contribution >= 0.6 is 0 Å². The zero-order valence-corrected chi connectivity index (χ0v) is 15.2. The molecule has 2 fully saturated rings. The van der Waals surface area contributed by atoms with E-state index in [9.17, 15) is 9.90 Å². The van der Waals surface area contributed by atoms with E-state index in [1.165, 1.54) is 0 Å². The van der Waals surface area contributed by atoms with Gasteiger partial charge in [0.05, 0.1) is 29.1 Å². The molecular formula is C19H25N5O2. The summed E-state index contributed by atoms with van der Waals surface area (Å²) in [7, 11) is 0. The average molecular weight is 355 g/mol. The number of aliphatic hydroxyl groups is 1. The van der Waals surface area contributed by atoms with Gasteiger partial charge >= 0.3 is 0 Å². The SMILES string of the molecule is Cc1nc(C2CC2)nc(C)c1C(=O)N[C@@H]1CC(Cn2cccn2)C[C@H]1O. The second-order valence-corrected chi connectivity index (χ2v) is 7.61. The third kappa shape index (κ3) is 3.49. The lowest BCUT2D eigenvalue weighted by Crippen LogP contribution is -2.40. The first kappa shape index (κ1) is 17.1. The molecule has 0 radical (unpaired) electrons. The van der Waals surface area contributed by atoms with Crippen molar-refractivity contribution in [3.8, 4) is 0 Å². The Morgan fingerprint density at radius 1 is 1.27 bits per heavy atom. The molecule has 2 heterocycles. The van der Waals surface area contributed by atoms with Gasteiger partial charge in [0.25, 0.3) is 5.91 Å². The van der Waals surface area contributed by atoms with Crippen LogP contribution in [0.2, 0.25) is 0 Å². The van der Waals surface area contributed by atoms with Crippen LogP contribution in [0.3, 0.4) is 0 Å². The minimum atomic E-state index is -0.535. The van der Waals surface area contributed by atoms with E-state index < -0.39 is 6.10 Å². The second-order valence-electron chi connectivity index (χ2n) is 7.61. The molecule has 0 saturated heterocycles. The van der Waals surface area contributed by atoms with E-state index >= 15 is 0 Å². The molecular weight excluding hydrogens is 330 g/mol. The Bertz CT molecular complexity index is 777. The Balaban J connectivity index is 1.43. The van der Waals surface area contributed by atoms with Crippen molar-refractivity contribution in [3.63, 3.8) is 0 Å². The minimum absolute atomic E-state index is 0.189. The quantitative estimate of drug-likeness (QED) is 0.852. The van der Waals surface area contributed by atoms with Crippen molar-refractivity contribution in [2.75, 3.05) is 0 Å². The molecule has 2 N–H and O–H groups in total. The third-order valence-corrected chi connectivity index (χ3v) is 5.41. The zero-order chi connectivity index (χ0) is 18.3. The van der Waals surface area contributed by atoms with Crippen LogP contribution < -0.4 is 5.32 Å². The predicted molar refractivity (Wildman–Crippen MR) is 95.7 cm³/mol. The van der Waals surface area contributed by atoms with Crippen LogP contribution in [-0.2, 0) is 6.54 Å². The number of aryl methyl sites for hydroxylation is 2. The van der Waals surface area contributed by atoms with Gasteiger partial charge in [-0.05, 0) is 51.5 Å². The summed E-state index contributed by atoms with van der Waals surface area (Å²) in [4.78, 5) is 21.8. The highest BCUT2D eigenvalue weighted by atomic mass is 16.3. The summed E-state index contributed by atoms with van der Waals surface area (Å²) in [6.45, 7) is 4.48. The highest BCUT2D eigenvalue weighted by Gasteiger charge is 2.35. The van der Waals surface area contributed by atoms with Gasteiger partial charge < -0.3 is 10.4 Å². The molecule has 2 saturated carbocycles. The van der Waals surface area contributed by atoms with E-state index in [-0.39, 0.29) is 11.9 Å². The van der Waals surface area contributed by atoms with E-state index in [4.69, 9.17) is 0 Å². The summed E-state index contributed by atoms with van der Waals surface area (Å²) in [6, 6.07) is 1.64. The third-order valence-electron chi connectivity index (χ3n) is 5.41. The van der Waals surface area contributed by atoms with Crippen molar-refractivity contribution in [1.82, 2.24) is 25.1 Å². The van der Waals surface area contributed by atoms with Gasteiger partial charge in [0.15, 0.2) is 0 Å². The maximum absolute atomic E-state index is 12.8. The molecule has 138 valence electrons. The normalized spacial score (nSPS) is 25.4. The largest absolute Gasteiger partial charge is 0.391 e. The number of hydrogen-bond donors (Lipinski definition) is 2. The maximum atomic E-state index is 12.8. The van der Waals surface area contributed by atoms with Gasteiger partial charge in [0, 0.05) is 24.9 Å².